The van der Waals surface area contributed by atoms with E-state index in [4.69, 9.17) is 14.5 Å². The molecule has 25 heavy (non-hydrogen) atoms. The van der Waals surface area contributed by atoms with Crippen molar-refractivity contribution >= 4 is 5.96 Å². The molecule has 1 fully saturated rings. The molecule has 0 spiro atoms. The first kappa shape index (κ1) is 22.2. The molecule has 0 aromatic carbocycles. The highest BCUT2D eigenvalue weighted by atomic mass is 16.5. The Bertz CT molecular complexity index is 353. The molecule has 0 bridgehead atoms. The van der Waals surface area contributed by atoms with Crippen LogP contribution in [0.25, 0.3) is 0 Å². The molecule has 2 unspecified atom stereocenters. The van der Waals surface area contributed by atoms with E-state index in [1.54, 1.807) is 0 Å². The second kappa shape index (κ2) is 13.4. The van der Waals surface area contributed by atoms with Crippen molar-refractivity contribution in [3.05, 3.63) is 0 Å². The number of ether oxygens (including phenoxy) is 2. The van der Waals surface area contributed by atoms with Crippen LogP contribution in [-0.4, -0.2) is 76.6 Å². The third-order valence-corrected chi connectivity index (χ3v) is 4.89. The molecule has 6 heteroatoms. The van der Waals surface area contributed by atoms with Gasteiger partial charge in [-0.05, 0) is 39.8 Å². The Morgan fingerprint density at radius 2 is 2.00 bits per heavy atom. The van der Waals surface area contributed by atoms with Gasteiger partial charge in [0, 0.05) is 32.3 Å². The number of hydrogen-bond acceptors (Lipinski definition) is 4. The van der Waals surface area contributed by atoms with Crippen LogP contribution in [0.3, 0.4) is 0 Å². The first-order valence-corrected chi connectivity index (χ1v) is 10.00. The van der Waals surface area contributed by atoms with Crippen molar-refractivity contribution in [3.8, 4) is 0 Å². The minimum Gasteiger partial charge on any atom is -0.379 e. The maximum absolute atomic E-state index is 5.80. The van der Waals surface area contributed by atoms with Crippen LogP contribution in [0, 0.1) is 5.92 Å². The maximum atomic E-state index is 5.80. The average molecular weight is 357 g/mol. The molecule has 1 aliphatic heterocycles. The topological polar surface area (TPSA) is 58.1 Å². The molecule has 0 aromatic heterocycles. The molecule has 1 heterocycles. The Kier molecular flexibility index (Phi) is 11.9. The second-order valence-electron chi connectivity index (χ2n) is 6.96. The van der Waals surface area contributed by atoms with Gasteiger partial charge >= 0.3 is 0 Å². The molecule has 0 aliphatic carbocycles. The normalized spacial score (nSPS) is 19.6. The van der Waals surface area contributed by atoms with Gasteiger partial charge in [0.05, 0.1) is 19.3 Å². The minimum atomic E-state index is 0.294. The first-order chi connectivity index (χ1) is 12.1. The summed E-state index contributed by atoms with van der Waals surface area (Å²) in [5.41, 5.74) is 0. The molecule has 0 amide bonds. The summed E-state index contributed by atoms with van der Waals surface area (Å²) in [6, 6.07) is 0.483. The maximum Gasteiger partial charge on any atom is 0.191 e. The smallest absolute Gasteiger partial charge is 0.191 e. The molecule has 0 aromatic rings. The summed E-state index contributed by atoms with van der Waals surface area (Å²) >= 11 is 0. The molecule has 1 aliphatic rings. The van der Waals surface area contributed by atoms with Crippen molar-refractivity contribution < 1.29 is 9.47 Å². The van der Waals surface area contributed by atoms with E-state index in [2.05, 4.69) is 50.4 Å². The van der Waals surface area contributed by atoms with Gasteiger partial charge in [-0.15, -0.1) is 0 Å². The molecular formula is C19H40N4O2. The molecule has 148 valence electrons. The average Bonchev–Trinajstić information content (AvgIpc) is 3.11. The van der Waals surface area contributed by atoms with Gasteiger partial charge in [0.25, 0.3) is 0 Å². The van der Waals surface area contributed by atoms with Crippen molar-refractivity contribution in [2.45, 2.75) is 58.6 Å². The second-order valence-corrected chi connectivity index (χ2v) is 6.96. The fourth-order valence-corrected chi connectivity index (χ4v) is 3.27. The van der Waals surface area contributed by atoms with Gasteiger partial charge in [0.15, 0.2) is 5.96 Å². The monoisotopic (exact) mass is 356 g/mol. The van der Waals surface area contributed by atoms with Crippen LogP contribution in [0.15, 0.2) is 4.99 Å². The highest BCUT2D eigenvalue weighted by Crippen LogP contribution is 2.17. The molecular weight excluding hydrogens is 316 g/mol. The lowest BCUT2D eigenvalue weighted by Gasteiger charge is -2.30. The summed E-state index contributed by atoms with van der Waals surface area (Å²) in [4.78, 5) is 7.13. The Morgan fingerprint density at radius 3 is 2.56 bits per heavy atom. The predicted molar refractivity (Wildman–Crippen MR) is 105 cm³/mol. The van der Waals surface area contributed by atoms with Gasteiger partial charge in [-0.25, -0.2) is 0 Å². The van der Waals surface area contributed by atoms with Crippen molar-refractivity contribution in [1.29, 1.82) is 0 Å². The lowest BCUT2D eigenvalue weighted by molar-refractivity contribution is 0.0420. The van der Waals surface area contributed by atoms with E-state index in [1.807, 2.05) is 0 Å². The molecule has 0 radical (unpaired) electrons. The Hall–Kier alpha value is -0.850. The number of nitrogens with zero attached hydrogens (tertiary/aromatic N) is 2. The zero-order chi connectivity index (χ0) is 18.5. The highest BCUT2D eigenvalue weighted by Gasteiger charge is 2.20. The van der Waals surface area contributed by atoms with Gasteiger partial charge in [-0.2, -0.15) is 0 Å². The molecule has 2 N–H and O–H groups in total. The van der Waals surface area contributed by atoms with Gasteiger partial charge in [-0.1, -0.05) is 26.7 Å². The van der Waals surface area contributed by atoms with E-state index in [1.165, 1.54) is 12.8 Å². The highest BCUT2D eigenvalue weighted by molar-refractivity contribution is 5.79. The summed E-state index contributed by atoms with van der Waals surface area (Å²) in [5.74, 6) is 1.59. The Morgan fingerprint density at radius 1 is 1.24 bits per heavy atom. The van der Waals surface area contributed by atoms with Crippen molar-refractivity contribution in [3.63, 3.8) is 0 Å². The number of rotatable bonds is 12. The fraction of sp³-hybridized carbons (Fsp3) is 0.947. The van der Waals surface area contributed by atoms with Crippen LogP contribution in [0.5, 0.6) is 0 Å². The first-order valence-electron chi connectivity index (χ1n) is 10.00. The van der Waals surface area contributed by atoms with E-state index < -0.39 is 0 Å². The van der Waals surface area contributed by atoms with Gasteiger partial charge in [0.1, 0.15) is 0 Å². The Balaban J connectivity index is 2.37. The van der Waals surface area contributed by atoms with E-state index >= 15 is 0 Å². The summed E-state index contributed by atoms with van der Waals surface area (Å²) in [7, 11) is 4.31. The zero-order valence-electron chi connectivity index (χ0n) is 17.0. The summed E-state index contributed by atoms with van der Waals surface area (Å²) in [6.45, 7) is 11.6. The molecule has 0 saturated carbocycles. The summed E-state index contributed by atoms with van der Waals surface area (Å²) < 4.78 is 11.1. The van der Waals surface area contributed by atoms with Crippen LogP contribution in [0.1, 0.15) is 46.5 Å². The van der Waals surface area contributed by atoms with Crippen molar-refractivity contribution in [1.82, 2.24) is 15.5 Å². The molecule has 6 nitrogen and oxygen atoms in total. The molecule has 1 saturated heterocycles. The lowest BCUT2D eigenvalue weighted by Crippen LogP contribution is -2.41. The van der Waals surface area contributed by atoms with Crippen molar-refractivity contribution in [2.75, 3.05) is 53.6 Å². The molecule has 2 atom stereocenters. The molecule has 1 rings (SSSR count). The van der Waals surface area contributed by atoms with Gasteiger partial charge < -0.3 is 25.0 Å². The third-order valence-electron chi connectivity index (χ3n) is 4.89. The van der Waals surface area contributed by atoms with Gasteiger partial charge in [0.2, 0.25) is 0 Å². The van der Waals surface area contributed by atoms with Crippen LogP contribution in [0.4, 0.5) is 0 Å². The minimum absolute atomic E-state index is 0.294. The van der Waals surface area contributed by atoms with Crippen LogP contribution in [-0.2, 0) is 9.47 Å². The number of aliphatic imine (C=N–C) groups is 1. The quantitative estimate of drug-likeness (QED) is 0.319. The number of guanidine groups is 1. The van der Waals surface area contributed by atoms with Gasteiger partial charge in [-0.3, -0.25) is 4.99 Å². The van der Waals surface area contributed by atoms with Crippen molar-refractivity contribution in [2.24, 2.45) is 10.9 Å². The number of hydrogen-bond donors (Lipinski definition) is 2. The van der Waals surface area contributed by atoms with E-state index in [0.717, 1.165) is 58.3 Å². The fourth-order valence-electron chi connectivity index (χ4n) is 3.27. The third kappa shape index (κ3) is 8.88. The summed E-state index contributed by atoms with van der Waals surface area (Å²) in [5, 5.41) is 6.77. The Labute approximate surface area is 154 Å². The standard InChI is InChI=1S/C19H40N4O2/c1-6-16(7-2)18(23(4)5)14-22-19(20-8-3)21-11-9-12-25-17-10-13-24-15-17/h16-18H,6-15H2,1-5H3,(H2,20,21,22). The lowest BCUT2D eigenvalue weighted by atomic mass is 9.93. The summed E-state index contributed by atoms with van der Waals surface area (Å²) in [6.07, 6.45) is 4.69. The SMILES string of the molecule is CCNC(=NCC(C(CC)CC)N(C)C)NCCCOC1CCOC1. The zero-order valence-corrected chi connectivity index (χ0v) is 17.0. The van der Waals surface area contributed by atoms with E-state index in [9.17, 15) is 0 Å². The van der Waals surface area contributed by atoms with Crippen LogP contribution >= 0.6 is 0 Å². The van der Waals surface area contributed by atoms with E-state index in [-0.39, 0.29) is 0 Å². The van der Waals surface area contributed by atoms with Crippen LogP contribution < -0.4 is 10.6 Å². The number of likely N-dealkylation sites (N-methyl/N-ethyl adjacent to an activating group) is 1. The number of nitrogens with one attached hydrogen (secondary N) is 2. The largest absolute Gasteiger partial charge is 0.379 e. The van der Waals surface area contributed by atoms with E-state index in [0.29, 0.717) is 18.1 Å². The van der Waals surface area contributed by atoms with Crippen LogP contribution in [0.2, 0.25) is 0 Å². The predicted octanol–water partition coefficient (Wildman–Crippen LogP) is 2.10.